The molecule has 1 unspecified atom stereocenters. The lowest BCUT2D eigenvalue weighted by Crippen LogP contribution is -2.24. The Morgan fingerprint density at radius 3 is 2.59 bits per heavy atom. The van der Waals surface area contributed by atoms with Crippen molar-refractivity contribution < 1.29 is 9.47 Å². The van der Waals surface area contributed by atoms with Gasteiger partial charge in [-0.3, -0.25) is 0 Å². The van der Waals surface area contributed by atoms with Crippen LogP contribution in [0.4, 0.5) is 0 Å². The first-order valence-corrected chi connectivity index (χ1v) is 7.08. The highest BCUT2D eigenvalue weighted by Crippen LogP contribution is 2.30. The van der Waals surface area contributed by atoms with Gasteiger partial charge in [0.1, 0.15) is 0 Å². The van der Waals surface area contributed by atoms with Crippen LogP contribution in [-0.2, 0) is 9.47 Å². The van der Waals surface area contributed by atoms with E-state index in [1.54, 1.807) is 0 Å². The predicted molar refractivity (Wildman–Crippen MR) is 68.4 cm³/mol. The molecule has 2 aliphatic rings. The van der Waals surface area contributed by atoms with E-state index >= 15 is 0 Å². The Labute approximate surface area is 105 Å². The molecule has 1 aliphatic carbocycles. The van der Waals surface area contributed by atoms with Crippen molar-refractivity contribution in [1.29, 1.82) is 0 Å². The van der Waals surface area contributed by atoms with Gasteiger partial charge in [-0.1, -0.05) is 0 Å². The van der Waals surface area contributed by atoms with Crippen molar-refractivity contribution >= 4 is 0 Å². The van der Waals surface area contributed by atoms with Crippen molar-refractivity contribution in [3.8, 4) is 12.3 Å². The monoisotopic (exact) mass is 236 g/mol. The molecule has 0 amide bonds. The second-order valence-electron chi connectivity index (χ2n) is 5.34. The molecule has 1 heterocycles. The molecule has 0 N–H and O–H groups in total. The molecule has 1 atom stereocenters. The number of terminal acetylenes is 1. The standard InChI is InChI=1S/C15H24O2/c1-2-13-6-8-14(9-7-13)10-12-17-15-5-3-4-11-16-15/h1,13-15H,3-12H2/t13-,14-,15?. The molecule has 2 fully saturated rings. The topological polar surface area (TPSA) is 18.5 Å². The van der Waals surface area contributed by atoms with E-state index in [4.69, 9.17) is 15.9 Å². The van der Waals surface area contributed by atoms with Crippen molar-refractivity contribution in [3.63, 3.8) is 0 Å². The van der Waals surface area contributed by atoms with Crippen LogP contribution >= 0.6 is 0 Å². The fraction of sp³-hybridized carbons (Fsp3) is 0.867. The smallest absolute Gasteiger partial charge is 0.157 e. The van der Waals surface area contributed by atoms with E-state index in [-0.39, 0.29) is 6.29 Å². The van der Waals surface area contributed by atoms with Gasteiger partial charge in [0, 0.05) is 19.1 Å². The maximum absolute atomic E-state index is 5.78. The summed E-state index contributed by atoms with van der Waals surface area (Å²) in [7, 11) is 0. The lowest BCUT2D eigenvalue weighted by atomic mass is 9.81. The average molecular weight is 236 g/mol. The van der Waals surface area contributed by atoms with Gasteiger partial charge in [0.25, 0.3) is 0 Å². The molecule has 2 rings (SSSR count). The van der Waals surface area contributed by atoms with E-state index < -0.39 is 0 Å². The van der Waals surface area contributed by atoms with Gasteiger partial charge < -0.3 is 9.47 Å². The molecule has 17 heavy (non-hydrogen) atoms. The SMILES string of the molecule is C#C[C@H]1CC[C@H](CCOC2CCCCO2)CC1. The Kier molecular flexibility index (Phi) is 5.35. The molecule has 2 nitrogen and oxygen atoms in total. The second kappa shape index (κ2) is 7.03. The maximum Gasteiger partial charge on any atom is 0.157 e. The Morgan fingerprint density at radius 1 is 1.12 bits per heavy atom. The van der Waals surface area contributed by atoms with Crippen molar-refractivity contribution in [3.05, 3.63) is 0 Å². The van der Waals surface area contributed by atoms with Crippen LogP contribution in [0.1, 0.15) is 51.4 Å². The molecule has 0 radical (unpaired) electrons. The van der Waals surface area contributed by atoms with Crippen LogP contribution < -0.4 is 0 Å². The third-order valence-corrected chi connectivity index (χ3v) is 4.05. The fourth-order valence-corrected chi connectivity index (χ4v) is 2.83. The molecule has 0 spiro atoms. The van der Waals surface area contributed by atoms with E-state index in [2.05, 4.69) is 5.92 Å². The summed E-state index contributed by atoms with van der Waals surface area (Å²) >= 11 is 0. The molecule has 1 aliphatic heterocycles. The summed E-state index contributed by atoms with van der Waals surface area (Å²) in [4.78, 5) is 0. The molecule has 0 bridgehead atoms. The summed E-state index contributed by atoms with van der Waals surface area (Å²) in [6.07, 6.45) is 15.2. The lowest BCUT2D eigenvalue weighted by Gasteiger charge is -2.27. The van der Waals surface area contributed by atoms with Gasteiger partial charge in [-0.15, -0.1) is 12.3 Å². The first-order valence-electron chi connectivity index (χ1n) is 7.08. The minimum Gasteiger partial charge on any atom is -0.353 e. The number of hydrogen-bond acceptors (Lipinski definition) is 2. The molecule has 1 saturated heterocycles. The van der Waals surface area contributed by atoms with Crippen LogP contribution in [0.5, 0.6) is 0 Å². The normalized spacial score (nSPS) is 34.2. The predicted octanol–water partition coefficient (Wildman–Crippen LogP) is 3.36. The first-order chi connectivity index (χ1) is 8.38. The van der Waals surface area contributed by atoms with Gasteiger partial charge in [0.05, 0.1) is 0 Å². The lowest BCUT2D eigenvalue weighted by molar-refractivity contribution is -0.164. The summed E-state index contributed by atoms with van der Waals surface area (Å²) in [5, 5.41) is 0. The zero-order chi connectivity index (χ0) is 11.9. The maximum atomic E-state index is 5.78. The van der Waals surface area contributed by atoms with E-state index in [1.165, 1.54) is 44.9 Å². The highest BCUT2D eigenvalue weighted by atomic mass is 16.7. The fourth-order valence-electron chi connectivity index (χ4n) is 2.83. The molecule has 0 aromatic heterocycles. The van der Waals surface area contributed by atoms with Crippen molar-refractivity contribution in [1.82, 2.24) is 0 Å². The van der Waals surface area contributed by atoms with Crippen LogP contribution in [0, 0.1) is 24.2 Å². The van der Waals surface area contributed by atoms with Crippen LogP contribution in [-0.4, -0.2) is 19.5 Å². The van der Waals surface area contributed by atoms with Crippen LogP contribution in [0.3, 0.4) is 0 Å². The molecule has 0 aromatic rings. The van der Waals surface area contributed by atoms with Gasteiger partial charge in [-0.05, 0) is 57.3 Å². The van der Waals surface area contributed by atoms with Gasteiger partial charge >= 0.3 is 0 Å². The zero-order valence-corrected chi connectivity index (χ0v) is 10.7. The summed E-state index contributed by atoms with van der Waals surface area (Å²) in [6, 6.07) is 0. The van der Waals surface area contributed by atoms with Gasteiger partial charge in [0.15, 0.2) is 6.29 Å². The van der Waals surface area contributed by atoms with E-state index in [0.717, 1.165) is 25.6 Å². The van der Waals surface area contributed by atoms with Gasteiger partial charge in [-0.2, -0.15) is 0 Å². The molecular weight excluding hydrogens is 212 g/mol. The van der Waals surface area contributed by atoms with E-state index in [9.17, 15) is 0 Å². The summed E-state index contributed by atoms with van der Waals surface area (Å²) in [5.41, 5.74) is 0. The van der Waals surface area contributed by atoms with Gasteiger partial charge in [-0.25, -0.2) is 0 Å². The molecule has 96 valence electrons. The Bertz CT molecular complexity index is 242. The highest BCUT2D eigenvalue weighted by Gasteiger charge is 2.20. The minimum atomic E-state index is 0.0748. The van der Waals surface area contributed by atoms with E-state index in [0.29, 0.717) is 5.92 Å². The van der Waals surface area contributed by atoms with Crippen molar-refractivity contribution in [2.75, 3.05) is 13.2 Å². The summed E-state index contributed by atoms with van der Waals surface area (Å²) < 4.78 is 11.3. The van der Waals surface area contributed by atoms with E-state index in [1.807, 2.05) is 0 Å². The average Bonchev–Trinajstić information content (AvgIpc) is 2.41. The van der Waals surface area contributed by atoms with Crippen LogP contribution in [0.15, 0.2) is 0 Å². The first kappa shape index (κ1) is 12.9. The van der Waals surface area contributed by atoms with Crippen LogP contribution in [0.25, 0.3) is 0 Å². The molecule has 1 saturated carbocycles. The van der Waals surface area contributed by atoms with Gasteiger partial charge in [0.2, 0.25) is 0 Å². The van der Waals surface area contributed by atoms with Crippen molar-refractivity contribution in [2.45, 2.75) is 57.7 Å². The second-order valence-corrected chi connectivity index (χ2v) is 5.34. The number of rotatable bonds is 4. The third kappa shape index (κ3) is 4.33. The minimum absolute atomic E-state index is 0.0748. The molecule has 2 heteroatoms. The molecule has 0 aromatic carbocycles. The number of hydrogen-bond donors (Lipinski definition) is 0. The number of ether oxygens (including phenoxy) is 2. The largest absolute Gasteiger partial charge is 0.353 e. The quantitative estimate of drug-likeness (QED) is 0.697. The molecular formula is C15H24O2. The third-order valence-electron chi connectivity index (χ3n) is 4.05. The Morgan fingerprint density at radius 2 is 1.94 bits per heavy atom. The zero-order valence-electron chi connectivity index (χ0n) is 10.7. The Balaban J connectivity index is 1.55. The Hall–Kier alpha value is -0.520. The summed E-state index contributed by atoms with van der Waals surface area (Å²) in [6.45, 7) is 1.73. The van der Waals surface area contributed by atoms with Crippen LogP contribution in [0.2, 0.25) is 0 Å². The highest BCUT2D eigenvalue weighted by molar-refractivity contribution is 4.95. The van der Waals surface area contributed by atoms with Crippen molar-refractivity contribution in [2.24, 2.45) is 11.8 Å². The summed E-state index contributed by atoms with van der Waals surface area (Å²) in [5.74, 6) is 4.24.